The van der Waals surface area contributed by atoms with Crippen LogP contribution in [0.3, 0.4) is 0 Å². The second-order valence-electron chi connectivity index (χ2n) is 3.52. The number of esters is 1. The Bertz CT molecular complexity index is 535. The lowest BCUT2D eigenvalue weighted by Gasteiger charge is -2.11. The fourth-order valence-corrected chi connectivity index (χ4v) is 1.67. The first-order chi connectivity index (χ1) is 8.49. The Balaban J connectivity index is 3.16. The van der Waals surface area contributed by atoms with E-state index in [1.165, 1.54) is 7.11 Å². The monoisotopic (exact) mass is 310 g/mol. The number of aryl methyl sites for hydroxylation is 1. The van der Waals surface area contributed by atoms with Gasteiger partial charge in [-0.2, -0.15) is 5.26 Å². The zero-order valence-electron chi connectivity index (χ0n) is 9.91. The van der Waals surface area contributed by atoms with Gasteiger partial charge in [0, 0.05) is 4.47 Å². The Morgan fingerprint density at radius 1 is 1.50 bits per heavy atom. The Kier molecular flexibility index (Phi) is 4.86. The van der Waals surface area contributed by atoms with Crippen molar-refractivity contribution in [1.82, 2.24) is 0 Å². The van der Waals surface area contributed by atoms with Crippen LogP contribution in [-0.4, -0.2) is 19.0 Å². The molecular weight excluding hydrogens is 300 g/mol. The van der Waals surface area contributed by atoms with Crippen LogP contribution >= 0.6 is 15.9 Å². The minimum Gasteiger partial charge on any atom is -0.465 e. The average molecular weight is 311 g/mol. The first-order valence-electron chi connectivity index (χ1n) is 5.05. The van der Waals surface area contributed by atoms with Gasteiger partial charge in [0.1, 0.15) is 6.42 Å². The van der Waals surface area contributed by atoms with Crippen molar-refractivity contribution in [1.29, 1.82) is 5.26 Å². The molecule has 0 aromatic heterocycles. The SMILES string of the molecule is COC(=O)c1cc(Br)c(C)cc1NC(=O)CC#N. The molecule has 0 atom stereocenters. The number of rotatable bonds is 3. The Hall–Kier alpha value is -1.87. The Morgan fingerprint density at radius 2 is 2.17 bits per heavy atom. The maximum absolute atomic E-state index is 11.6. The lowest BCUT2D eigenvalue weighted by Crippen LogP contribution is -2.14. The maximum atomic E-state index is 11.6. The molecule has 0 heterocycles. The van der Waals surface area contributed by atoms with Crippen molar-refractivity contribution in [3.63, 3.8) is 0 Å². The number of anilines is 1. The number of nitriles is 1. The standard InChI is InChI=1S/C12H11BrN2O3/c1-7-5-10(15-11(16)3-4-14)8(6-9(7)13)12(17)18-2/h5-6H,3H2,1-2H3,(H,15,16). The van der Waals surface area contributed by atoms with Crippen molar-refractivity contribution < 1.29 is 14.3 Å². The first-order valence-corrected chi connectivity index (χ1v) is 5.84. The molecule has 0 aliphatic heterocycles. The molecule has 0 bridgehead atoms. The van der Waals surface area contributed by atoms with E-state index in [9.17, 15) is 9.59 Å². The van der Waals surface area contributed by atoms with Crippen LogP contribution in [0.4, 0.5) is 5.69 Å². The largest absolute Gasteiger partial charge is 0.465 e. The summed E-state index contributed by atoms with van der Waals surface area (Å²) in [6.07, 6.45) is -0.268. The molecule has 1 aromatic rings. The smallest absolute Gasteiger partial charge is 0.340 e. The van der Waals surface area contributed by atoms with Crippen molar-refractivity contribution >= 4 is 33.5 Å². The lowest BCUT2D eigenvalue weighted by atomic mass is 10.1. The van der Waals surface area contributed by atoms with Crippen LogP contribution in [0.2, 0.25) is 0 Å². The van der Waals surface area contributed by atoms with E-state index in [0.717, 1.165) is 10.0 Å². The van der Waals surface area contributed by atoms with Crippen LogP contribution in [-0.2, 0) is 9.53 Å². The van der Waals surface area contributed by atoms with Crippen LogP contribution in [0.25, 0.3) is 0 Å². The molecule has 0 saturated carbocycles. The fourth-order valence-electron chi connectivity index (χ4n) is 1.33. The van der Waals surface area contributed by atoms with Crippen LogP contribution in [0.1, 0.15) is 22.3 Å². The topological polar surface area (TPSA) is 79.2 Å². The Morgan fingerprint density at radius 3 is 2.72 bits per heavy atom. The number of hydrogen-bond donors (Lipinski definition) is 1. The summed E-state index contributed by atoms with van der Waals surface area (Å²) in [5.74, 6) is -1.02. The molecule has 6 heteroatoms. The van der Waals surface area contributed by atoms with Crippen molar-refractivity contribution in [3.8, 4) is 6.07 Å². The summed E-state index contributed by atoms with van der Waals surface area (Å²) in [5.41, 5.74) is 1.43. The van der Waals surface area contributed by atoms with E-state index < -0.39 is 11.9 Å². The number of halogens is 1. The zero-order chi connectivity index (χ0) is 13.7. The highest BCUT2D eigenvalue weighted by atomic mass is 79.9. The molecule has 0 saturated heterocycles. The van der Waals surface area contributed by atoms with E-state index in [1.807, 2.05) is 6.92 Å². The van der Waals surface area contributed by atoms with Gasteiger partial charge in [-0.25, -0.2) is 4.79 Å². The molecule has 0 aliphatic rings. The highest BCUT2D eigenvalue weighted by Crippen LogP contribution is 2.26. The van der Waals surface area contributed by atoms with E-state index in [1.54, 1.807) is 18.2 Å². The second-order valence-corrected chi connectivity index (χ2v) is 4.38. The van der Waals surface area contributed by atoms with Gasteiger partial charge in [-0.15, -0.1) is 0 Å². The van der Waals surface area contributed by atoms with E-state index in [-0.39, 0.29) is 12.0 Å². The predicted molar refractivity (Wildman–Crippen MR) is 69.1 cm³/mol. The number of amides is 1. The van der Waals surface area contributed by atoms with E-state index in [4.69, 9.17) is 5.26 Å². The number of nitrogens with zero attached hydrogens (tertiary/aromatic N) is 1. The lowest BCUT2D eigenvalue weighted by molar-refractivity contribution is -0.115. The van der Waals surface area contributed by atoms with Crippen LogP contribution in [0.15, 0.2) is 16.6 Å². The molecule has 94 valence electrons. The van der Waals surface area contributed by atoms with Crippen LogP contribution in [0, 0.1) is 18.3 Å². The van der Waals surface area contributed by atoms with Gasteiger partial charge in [0.2, 0.25) is 5.91 Å². The molecule has 0 spiro atoms. The number of ether oxygens (including phenoxy) is 1. The highest BCUT2D eigenvalue weighted by molar-refractivity contribution is 9.10. The van der Waals surface area contributed by atoms with Crippen LogP contribution in [0.5, 0.6) is 0 Å². The maximum Gasteiger partial charge on any atom is 0.340 e. The molecular formula is C12H11BrN2O3. The van der Waals surface area contributed by atoms with Crippen LogP contribution < -0.4 is 5.32 Å². The number of nitrogens with one attached hydrogen (secondary N) is 1. The summed E-state index contributed by atoms with van der Waals surface area (Å²) in [6, 6.07) is 4.96. The normalized spacial score (nSPS) is 9.44. The first kappa shape index (κ1) is 14.2. The molecule has 1 N–H and O–H groups in total. The summed E-state index contributed by atoms with van der Waals surface area (Å²) in [5, 5.41) is 10.9. The predicted octanol–water partition coefficient (Wildman–Crippen LogP) is 2.40. The summed E-state index contributed by atoms with van der Waals surface area (Å²) in [6.45, 7) is 1.82. The molecule has 0 radical (unpaired) electrons. The molecule has 0 fully saturated rings. The molecule has 1 aromatic carbocycles. The number of hydrogen-bond acceptors (Lipinski definition) is 4. The summed E-state index contributed by atoms with van der Waals surface area (Å²) in [7, 11) is 1.26. The van der Waals surface area contributed by atoms with Crippen molar-refractivity contribution in [2.24, 2.45) is 0 Å². The van der Waals surface area contributed by atoms with Gasteiger partial charge in [0.15, 0.2) is 0 Å². The van der Waals surface area contributed by atoms with Crippen molar-refractivity contribution in [2.45, 2.75) is 13.3 Å². The molecule has 1 amide bonds. The van der Waals surface area contributed by atoms with Gasteiger partial charge in [-0.05, 0) is 24.6 Å². The third kappa shape index (κ3) is 3.31. The summed E-state index contributed by atoms with van der Waals surface area (Å²) < 4.78 is 5.37. The van der Waals surface area contributed by atoms with E-state index in [0.29, 0.717) is 5.69 Å². The van der Waals surface area contributed by atoms with Crippen molar-refractivity contribution in [3.05, 3.63) is 27.7 Å². The zero-order valence-corrected chi connectivity index (χ0v) is 11.5. The second kappa shape index (κ2) is 6.17. The molecule has 18 heavy (non-hydrogen) atoms. The van der Waals surface area contributed by atoms with Gasteiger partial charge >= 0.3 is 5.97 Å². The average Bonchev–Trinajstić information content (AvgIpc) is 2.32. The number of carbonyl (C=O) groups is 2. The Labute approximate surface area is 113 Å². The quantitative estimate of drug-likeness (QED) is 0.869. The van der Waals surface area contributed by atoms with Gasteiger partial charge in [0.25, 0.3) is 0 Å². The number of benzene rings is 1. The van der Waals surface area contributed by atoms with Crippen molar-refractivity contribution in [2.75, 3.05) is 12.4 Å². The number of methoxy groups -OCH3 is 1. The van der Waals surface area contributed by atoms with E-state index in [2.05, 4.69) is 26.0 Å². The molecule has 0 unspecified atom stereocenters. The third-order valence-corrected chi connectivity index (χ3v) is 3.07. The van der Waals surface area contributed by atoms with Gasteiger partial charge in [-0.1, -0.05) is 15.9 Å². The highest BCUT2D eigenvalue weighted by Gasteiger charge is 2.15. The van der Waals surface area contributed by atoms with E-state index >= 15 is 0 Å². The molecule has 5 nitrogen and oxygen atoms in total. The molecule has 0 aliphatic carbocycles. The van der Waals surface area contributed by atoms with Gasteiger partial charge < -0.3 is 10.1 Å². The summed E-state index contributed by atoms with van der Waals surface area (Å²) in [4.78, 5) is 23.0. The van der Waals surface area contributed by atoms with Gasteiger partial charge in [-0.3, -0.25) is 4.79 Å². The minimum absolute atomic E-state index is 0.237. The minimum atomic E-state index is -0.553. The third-order valence-electron chi connectivity index (χ3n) is 2.22. The number of carbonyl (C=O) groups excluding carboxylic acids is 2. The van der Waals surface area contributed by atoms with Gasteiger partial charge in [0.05, 0.1) is 24.4 Å². The molecule has 1 rings (SSSR count). The fraction of sp³-hybridized carbons (Fsp3) is 0.250. The summed E-state index contributed by atoms with van der Waals surface area (Å²) >= 11 is 3.30.